The Kier molecular flexibility index (Phi) is 9.88. The van der Waals surface area contributed by atoms with Crippen molar-refractivity contribution in [3.8, 4) is 11.5 Å². The molecule has 0 aliphatic heterocycles. The van der Waals surface area contributed by atoms with Crippen molar-refractivity contribution in [2.24, 2.45) is 0 Å². The molecule has 0 saturated heterocycles. The van der Waals surface area contributed by atoms with E-state index < -0.39 is 60.7 Å². The minimum Gasteiger partial charge on any atom is -0.461 e. The highest BCUT2D eigenvalue weighted by Gasteiger charge is 2.40. The largest absolute Gasteiger partial charge is 0.513 e. The van der Waals surface area contributed by atoms with Crippen LogP contribution in [-0.2, 0) is 20.5 Å². The highest BCUT2D eigenvalue weighted by atomic mass is 31.2. The summed E-state index contributed by atoms with van der Waals surface area (Å²) in [6, 6.07) is 14.1. The van der Waals surface area contributed by atoms with Crippen LogP contribution in [-0.4, -0.2) is 18.1 Å². The van der Waals surface area contributed by atoms with Crippen molar-refractivity contribution in [2.45, 2.75) is 45.3 Å². The molecular formula is C26H25F5NO5P. The molecule has 2 atom stereocenters. The predicted octanol–water partition coefficient (Wildman–Crippen LogP) is 6.88. The lowest BCUT2D eigenvalue weighted by Gasteiger charge is -2.26. The maximum Gasteiger partial charge on any atom is 0.513 e. The van der Waals surface area contributed by atoms with Gasteiger partial charge in [0.05, 0.1) is 0 Å². The lowest BCUT2D eigenvalue weighted by Crippen LogP contribution is -2.41. The lowest BCUT2D eigenvalue weighted by atomic mass is 10.1. The van der Waals surface area contributed by atoms with Gasteiger partial charge in [-0.3, -0.25) is 4.79 Å². The first-order valence-corrected chi connectivity index (χ1v) is 13.2. The number of nitrogens with one attached hydrogen (secondary N) is 1. The van der Waals surface area contributed by atoms with Crippen LogP contribution in [0.2, 0.25) is 0 Å². The van der Waals surface area contributed by atoms with Crippen molar-refractivity contribution in [2.75, 3.05) is 0 Å². The number of esters is 1. The molecule has 3 aromatic rings. The number of hydrogen-bond donors (Lipinski definition) is 1. The molecule has 0 bridgehead atoms. The van der Waals surface area contributed by atoms with E-state index >= 15 is 0 Å². The maximum absolute atomic E-state index is 14.4. The van der Waals surface area contributed by atoms with E-state index in [0.717, 1.165) is 0 Å². The van der Waals surface area contributed by atoms with Gasteiger partial charge in [-0.25, -0.2) is 17.7 Å². The summed E-state index contributed by atoms with van der Waals surface area (Å²) >= 11 is 0. The number of carbonyl (C=O) groups is 1. The summed E-state index contributed by atoms with van der Waals surface area (Å²) in [5.74, 6) is -14.6. The Bertz CT molecular complexity index is 1260. The van der Waals surface area contributed by atoms with Crippen molar-refractivity contribution in [1.82, 2.24) is 5.09 Å². The van der Waals surface area contributed by atoms with Crippen LogP contribution < -0.4 is 14.1 Å². The van der Waals surface area contributed by atoms with Crippen molar-refractivity contribution >= 4 is 13.7 Å². The van der Waals surface area contributed by atoms with Gasteiger partial charge in [0, 0.05) is 0 Å². The van der Waals surface area contributed by atoms with Gasteiger partial charge in [-0.1, -0.05) is 62.4 Å². The Morgan fingerprint density at radius 1 is 0.789 bits per heavy atom. The standard InChI is InChI=1S/C26H25F5NO5P/c1-3-17(4-2)35-26(33)19(15-16-11-7-5-8-12-16)32-38(34,36-18-13-9-6-10-14-18)37-25-23(30)21(28)20(27)22(29)24(25)31/h5-14,17,19H,3-4,15H2,1-2H3,(H,32,34)/t19-,38-/m0/s1. The average molecular weight is 557 g/mol. The minimum absolute atomic E-state index is 0.136. The van der Waals surface area contributed by atoms with E-state index in [1.165, 1.54) is 24.3 Å². The molecule has 204 valence electrons. The molecule has 0 unspecified atom stereocenters. The quantitative estimate of drug-likeness (QED) is 0.0861. The molecule has 0 aliphatic rings. The van der Waals surface area contributed by atoms with Gasteiger partial charge >= 0.3 is 13.7 Å². The molecule has 38 heavy (non-hydrogen) atoms. The summed E-state index contributed by atoms with van der Waals surface area (Å²) < 4.78 is 99.7. The summed E-state index contributed by atoms with van der Waals surface area (Å²) in [5, 5.41) is 2.30. The van der Waals surface area contributed by atoms with Gasteiger partial charge in [0.2, 0.25) is 34.8 Å². The fourth-order valence-electron chi connectivity index (χ4n) is 3.40. The van der Waals surface area contributed by atoms with Crippen LogP contribution in [0.1, 0.15) is 32.3 Å². The van der Waals surface area contributed by atoms with E-state index in [1.54, 1.807) is 50.2 Å². The van der Waals surface area contributed by atoms with Crippen LogP contribution in [0, 0.1) is 29.1 Å². The van der Waals surface area contributed by atoms with Crippen LogP contribution in [0.25, 0.3) is 0 Å². The van der Waals surface area contributed by atoms with Crippen molar-refractivity contribution in [1.29, 1.82) is 0 Å². The molecular weight excluding hydrogens is 532 g/mol. The van der Waals surface area contributed by atoms with E-state index in [9.17, 15) is 31.3 Å². The molecule has 1 N–H and O–H groups in total. The summed E-state index contributed by atoms with van der Waals surface area (Å²) in [4.78, 5) is 13.1. The number of carbonyl (C=O) groups excluding carboxylic acids is 1. The van der Waals surface area contributed by atoms with Gasteiger partial charge in [0.25, 0.3) is 0 Å². The van der Waals surface area contributed by atoms with Crippen LogP contribution in [0.15, 0.2) is 60.7 Å². The van der Waals surface area contributed by atoms with E-state index in [0.29, 0.717) is 18.4 Å². The number of hydrogen-bond acceptors (Lipinski definition) is 5. The molecule has 0 radical (unpaired) electrons. The second kappa shape index (κ2) is 12.9. The Labute approximate surface area is 216 Å². The minimum atomic E-state index is -5.07. The maximum atomic E-state index is 14.4. The fraction of sp³-hybridized carbons (Fsp3) is 0.269. The van der Waals surface area contributed by atoms with Crippen LogP contribution in [0.3, 0.4) is 0 Å². The zero-order chi connectivity index (χ0) is 27.9. The zero-order valence-corrected chi connectivity index (χ0v) is 21.3. The molecule has 0 aromatic heterocycles. The van der Waals surface area contributed by atoms with Crippen LogP contribution in [0.5, 0.6) is 11.5 Å². The fourth-order valence-corrected chi connectivity index (χ4v) is 4.92. The van der Waals surface area contributed by atoms with Gasteiger partial charge in [0.1, 0.15) is 17.9 Å². The summed E-state index contributed by atoms with van der Waals surface area (Å²) in [5.41, 5.74) is 0.578. The summed E-state index contributed by atoms with van der Waals surface area (Å²) in [6.45, 7) is 3.58. The van der Waals surface area contributed by atoms with E-state index in [2.05, 4.69) is 5.09 Å². The average Bonchev–Trinajstić information content (AvgIpc) is 2.92. The molecule has 0 aliphatic carbocycles. The molecule has 6 nitrogen and oxygen atoms in total. The second-order valence-electron chi connectivity index (χ2n) is 8.14. The predicted molar refractivity (Wildman–Crippen MR) is 129 cm³/mol. The normalized spacial score (nSPS) is 13.6. The Morgan fingerprint density at radius 3 is 1.82 bits per heavy atom. The van der Waals surface area contributed by atoms with E-state index in [1.807, 2.05) is 0 Å². The third-order valence-electron chi connectivity index (χ3n) is 5.42. The van der Waals surface area contributed by atoms with Crippen molar-refractivity contribution in [3.63, 3.8) is 0 Å². The van der Waals surface area contributed by atoms with Crippen molar-refractivity contribution < 1.29 is 45.1 Å². The first kappa shape index (κ1) is 29.1. The zero-order valence-electron chi connectivity index (χ0n) is 20.4. The topological polar surface area (TPSA) is 73.9 Å². The highest BCUT2D eigenvalue weighted by Crippen LogP contribution is 2.48. The third-order valence-corrected chi connectivity index (χ3v) is 6.93. The molecule has 0 saturated carbocycles. The number of benzene rings is 3. The van der Waals surface area contributed by atoms with Crippen molar-refractivity contribution in [3.05, 3.63) is 95.3 Å². The molecule has 0 heterocycles. The molecule has 0 fully saturated rings. The number of para-hydroxylation sites is 1. The SMILES string of the molecule is CCC(CC)OC(=O)[C@H](Cc1ccccc1)N[P@](=O)(Oc1ccccc1)Oc1c(F)c(F)c(F)c(F)c1F. The Balaban J connectivity index is 2.05. The monoisotopic (exact) mass is 557 g/mol. The number of halogens is 5. The second-order valence-corrected chi connectivity index (χ2v) is 9.76. The Hall–Kier alpha value is -3.43. The number of ether oxygens (including phenoxy) is 1. The number of rotatable bonds is 12. The lowest BCUT2D eigenvalue weighted by molar-refractivity contribution is -0.151. The molecule has 3 rings (SSSR count). The smallest absolute Gasteiger partial charge is 0.461 e. The van der Waals surface area contributed by atoms with Crippen LogP contribution >= 0.6 is 7.75 Å². The van der Waals surface area contributed by atoms with Gasteiger partial charge in [-0.05, 0) is 37.0 Å². The Morgan fingerprint density at radius 2 is 1.29 bits per heavy atom. The first-order valence-electron chi connectivity index (χ1n) is 11.7. The first-order chi connectivity index (χ1) is 18.1. The van der Waals surface area contributed by atoms with Gasteiger partial charge in [-0.2, -0.15) is 13.9 Å². The molecule has 0 spiro atoms. The summed E-state index contributed by atoms with van der Waals surface area (Å²) in [6.07, 6.45) is 0.315. The van der Waals surface area contributed by atoms with Crippen LogP contribution in [0.4, 0.5) is 22.0 Å². The highest BCUT2D eigenvalue weighted by molar-refractivity contribution is 7.52. The summed E-state index contributed by atoms with van der Waals surface area (Å²) in [7, 11) is -5.07. The van der Waals surface area contributed by atoms with E-state index in [-0.39, 0.29) is 12.2 Å². The third kappa shape index (κ3) is 7.11. The van der Waals surface area contributed by atoms with Gasteiger partial charge < -0.3 is 13.8 Å². The molecule has 3 aromatic carbocycles. The molecule has 0 amide bonds. The van der Waals surface area contributed by atoms with Gasteiger partial charge in [0.15, 0.2) is 0 Å². The molecule has 12 heteroatoms. The van der Waals surface area contributed by atoms with Gasteiger partial charge in [-0.15, -0.1) is 0 Å². The van der Waals surface area contributed by atoms with E-state index in [4.69, 9.17) is 13.8 Å².